The molecule has 24 heavy (non-hydrogen) atoms. The molecule has 0 bridgehead atoms. The Morgan fingerprint density at radius 3 is 1.71 bits per heavy atom. The molecule has 4 rings (SSSR count). The van der Waals surface area contributed by atoms with Crippen LogP contribution in [0.2, 0.25) is 0 Å². The molecule has 4 nitrogen and oxygen atoms in total. The van der Waals surface area contributed by atoms with Crippen molar-refractivity contribution in [3.05, 3.63) is 44.8 Å². The van der Waals surface area contributed by atoms with Crippen LogP contribution in [-0.4, -0.2) is 17.1 Å². The van der Waals surface area contributed by atoms with Crippen LogP contribution in [0.25, 0.3) is 0 Å². The number of thiophene rings is 2. The van der Waals surface area contributed by atoms with Gasteiger partial charge in [0.15, 0.2) is 0 Å². The Hall–Kier alpha value is -2.28. The van der Waals surface area contributed by atoms with E-state index >= 15 is 0 Å². The minimum Gasteiger partial charge on any atom is -0.231 e. The Morgan fingerprint density at radius 2 is 1.38 bits per heavy atom. The number of rotatable bonds is 2. The molecule has 0 N–H and O–H groups in total. The van der Waals surface area contributed by atoms with Gasteiger partial charge in [-0.2, -0.15) is 10.5 Å². The Morgan fingerprint density at radius 1 is 0.917 bits per heavy atom. The minimum absolute atomic E-state index is 0.0166. The largest absolute Gasteiger partial charge is 0.326 e. The first-order chi connectivity index (χ1) is 11.5. The van der Waals surface area contributed by atoms with Crippen molar-refractivity contribution in [2.24, 2.45) is 27.2 Å². The first kappa shape index (κ1) is 15.3. The van der Waals surface area contributed by atoms with E-state index in [4.69, 9.17) is 0 Å². The molecule has 0 spiro atoms. The SMILES string of the molecule is CC1(C)[C@@H]2C(c3cccs3)=NC(C#N)(C#N)N=C(c3cccs3)[C@@H]21. The smallest absolute Gasteiger partial charge is 0.231 e. The summed E-state index contributed by atoms with van der Waals surface area (Å²) in [5, 5.41) is 23.3. The summed E-state index contributed by atoms with van der Waals surface area (Å²) in [6.07, 6.45) is 0. The van der Waals surface area contributed by atoms with Crippen molar-refractivity contribution in [2.75, 3.05) is 0 Å². The average Bonchev–Trinajstić information content (AvgIpc) is 3.07. The molecule has 118 valence electrons. The number of hydrogen-bond donors (Lipinski definition) is 0. The molecule has 0 aromatic carbocycles. The van der Waals surface area contributed by atoms with Gasteiger partial charge in [-0.1, -0.05) is 26.0 Å². The Balaban J connectivity index is 1.94. The zero-order valence-electron chi connectivity index (χ0n) is 13.2. The molecule has 1 fully saturated rings. The number of fused-ring (bicyclic) bond motifs is 1. The van der Waals surface area contributed by atoms with Crippen molar-refractivity contribution >= 4 is 34.1 Å². The summed E-state index contributed by atoms with van der Waals surface area (Å²) < 4.78 is 0. The van der Waals surface area contributed by atoms with Crippen LogP contribution in [0.4, 0.5) is 0 Å². The van der Waals surface area contributed by atoms with Crippen LogP contribution < -0.4 is 0 Å². The van der Waals surface area contributed by atoms with E-state index in [1.807, 2.05) is 47.2 Å². The second-order valence-electron chi connectivity index (χ2n) is 6.62. The van der Waals surface area contributed by atoms with Crippen molar-refractivity contribution < 1.29 is 0 Å². The van der Waals surface area contributed by atoms with E-state index in [1.54, 1.807) is 22.7 Å². The summed E-state index contributed by atoms with van der Waals surface area (Å²) in [7, 11) is 0. The molecule has 0 saturated heterocycles. The molecular formula is C18H14N4S2. The lowest BCUT2D eigenvalue weighted by Crippen LogP contribution is -2.24. The quantitative estimate of drug-likeness (QED) is 0.817. The van der Waals surface area contributed by atoms with Crippen LogP contribution >= 0.6 is 22.7 Å². The van der Waals surface area contributed by atoms with Gasteiger partial charge in [-0.25, -0.2) is 9.98 Å². The van der Waals surface area contributed by atoms with E-state index in [0.29, 0.717) is 0 Å². The van der Waals surface area contributed by atoms with Crippen LogP contribution in [0.5, 0.6) is 0 Å². The van der Waals surface area contributed by atoms with Crippen LogP contribution in [0.1, 0.15) is 23.6 Å². The first-order valence-electron chi connectivity index (χ1n) is 7.62. The zero-order valence-corrected chi connectivity index (χ0v) is 14.9. The molecule has 1 aliphatic carbocycles. The van der Waals surface area contributed by atoms with Gasteiger partial charge in [0.25, 0.3) is 0 Å². The molecule has 6 heteroatoms. The topological polar surface area (TPSA) is 72.3 Å². The van der Waals surface area contributed by atoms with Gasteiger partial charge in [-0.3, -0.25) is 0 Å². The molecule has 0 unspecified atom stereocenters. The van der Waals surface area contributed by atoms with E-state index in [1.165, 1.54) is 0 Å². The highest BCUT2D eigenvalue weighted by molar-refractivity contribution is 7.12. The molecule has 2 aromatic rings. The summed E-state index contributed by atoms with van der Waals surface area (Å²) >= 11 is 3.18. The van der Waals surface area contributed by atoms with Gasteiger partial charge in [-0.05, 0) is 28.3 Å². The second kappa shape index (κ2) is 5.11. The summed E-state index contributed by atoms with van der Waals surface area (Å²) in [4.78, 5) is 11.2. The normalized spacial score (nSPS) is 26.2. The second-order valence-corrected chi connectivity index (χ2v) is 8.52. The van der Waals surface area contributed by atoms with Crippen molar-refractivity contribution in [3.63, 3.8) is 0 Å². The maximum atomic E-state index is 9.65. The van der Waals surface area contributed by atoms with Crippen LogP contribution in [0.15, 0.2) is 45.0 Å². The molecular weight excluding hydrogens is 336 g/mol. The van der Waals surface area contributed by atoms with Crippen molar-refractivity contribution in [3.8, 4) is 12.1 Å². The fraction of sp³-hybridized carbons (Fsp3) is 0.333. The highest BCUT2D eigenvalue weighted by Crippen LogP contribution is 2.62. The molecule has 2 atom stereocenters. The predicted octanol–water partition coefficient (Wildman–Crippen LogP) is 4.12. The molecule has 3 heterocycles. The lowest BCUT2D eigenvalue weighted by molar-refractivity contribution is 0.591. The highest BCUT2D eigenvalue weighted by Gasteiger charge is 2.64. The lowest BCUT2D eigenvalue weighted by atomic mass is 10.0. The molecule has 1 aliphatic heterocycles. The van der Waals surface area contributed by atoms with Crippen LogP contribution in [-0.2, 0) is 0 Å². The van der Waals surface area contributed by atoms with Crippen molar-refractivity contribution in [2.45, 2.75) is 19.5 Å². The molecule has 0 radical (unpaired) electrons. The van der Waals surface area contributed by atoms with Crippen molar-refractivity contribution in [1.29, 1.82) is 10.5 Å². The van der Waals surface area contributed by atoms with Gasteiger partial charge in [-0.15, -0.1) is 22.7 Å². The number of nitriles is 2. The minimum atomic E-state index is -1.69. The summed E-state index contributed by atoms with van der Waals surface area (Å²) in [6, 6.07) is 12.0. The van der Waals surface area contributed by atoms with Crippen LogP contribution in [0.3, 0.4) is 0 Å². The zero-order chi connectivity index (χ0) is 16.9. The third-order valence-corrected chi connectivity index (χ3v) is 6.62. The molecule has 0 amide bonds. The first-order valence-corrected chi connectivity index (χ1v) is 9.38. The van der Waals surface area contributed by atoms with Gasteiger partial charge in [0.05, 0.1) is 11.4 Å². The maximum absolute atomic E-state index is 9.65. The summed E-state index contributed by atoms with van der Waals surface area (Å²) in [6.45, 7) is 4.42. The van der Waals surface area contributed by atoms with E-state index < -0.39 is 5.66 Å². The Bertz CT molecular complexity index is 845. The number of aliphatic imine (C=N–C) groups is 2. The average molecular weight is 350 g/mol. The van der Waals surface area contributed by atoms with Gasteiger partial charge < -0.3 is 0 Å². The van der Waals surface area contributed by atoms with E-state index in [9.17, 15) is 10.5 Å². The lowest BCUT2D eigenvalue weighted by Gasteiger charge is -2.14. The fourth-order valence-corrected chi connectivity index (χ4v) is 5.07. The molecule has 2 aromatic heterocycles. The number of nitrogens with zero attached hydrogens (tertiary/aromatic N) is 4. The number of hydrogen-bond acceptors (Lipinski definition) is 6. The maximum Gasteiger partial charge on any atom is 0.326 e. The molecule has 2 aliphatic rings. The van der Waals surface area contributed by atoms with Crippen LogP contribution in [0, 0.1) is 39.9 Å². The monoisotopic (exact) mass is 350 g/mol. The van der Waals surface area contributed by atoms with Gasteiger partial charge in [0.1, 0.15) is 12.1 Å². The summed E-state index contributed by atoms with van der Waals surface area (Å²) in [5.41, 5.74) is 0.0158. The van der Waals surface area contributed by atoms with Gasteiger partial charge in [0.2, 0.25) is 0 Å². The van der Waals surface area contributed by atoms with Crippen molar-refractivity contribution in [1.82, 2.24) is 0 Å². The van der Waals surface area contributed by atoms with Gasteiger partial charge >= 0.3 is 5.66 Å². The Labute approximate surface area is 148 Å². The Kier molecular flexibility index (Phi) is 3.25. The predicted molar refractivity (Wildman–Crippen MR) is 96.4 cm³/mol. The van der Waals surface area contributed by atoms with Gasteiger partial charge in [0, 0.05) is 21.6 Å². The van der Waals surface area contributed by atoms with E-state index in [2.05, 4.69) is 23.8 Å². The third-order valence-electron chi connectivity index (χ3n) is 4.84. The summed E-state index contributed by atoms with van der Waals surface area (Å²) in [5.74, 6) is 0.362. The fourth-order valence-electron chi connectivity index (χ4n) is 3.56. The highest BCUT2D eigenvalue weighted by atomic mass is 32.1. The standard InChI is InChI=1S/C18H14N4S2/c1-17(2)13-14(17)16(12-6-4-8-24-12)22-18(9-19,10-20)21-15(13)11-5-3-7-23-11/h3-8,13-14H,1-2H3/t13-,14+. The van der Waals surface area contributed by atoms with E-state index in [-0.39, 0.29) is 17.3 Å². The third kappa shape index (κ3) is 2.07. The molecule has 1 saturated carbocycles. The van der Waals surface area contributed by atoms with E-state index in [0.717, 1.165) is 21.2 Å².